The third-order valence-electron chi connectivity index (χ3n) is 14.0. The maximum atomic E-state index is 12.9. The standard InChI is InChI=1S/C67H120O6/c1-4-7-10-13-16-19-22-24-26-28-29-30-31-32-33-34-35-36-37-39-40-42-45-48-51-54-57-60-66(69)72-63-64(62-71-65(68)59-56-53-50-47-44-21-18-15-12-9-6-3)73-67(70)61-58-55-52-49-46-43-41-38-27-25-23-20-17-14-11-8-5-2/h7,10,16,19,24-27,29-30,64H,4-6,8-9,11-15,17-18,20-23,28,31-63H2,1-3H3/b10-7-,19-16-,26-24-,27-25-,30-29-. The van der Waals surface area contributed by atoms with E-state index in [-0.39, 0.29) is 31.1 Å². The number of rotatable bonds is 58. The second kappa shape index (κ2) is 61.7. The summed E-state index contributed by atoms with van der Waals surface area (Å²) in [5.41, 5.74) is 0. The maximum absolute atomic E-state index is 12.9. The van der Waals surface area contributed by atoms with Gasteiger partial charge in [-0.05, 0) is 83.5 Å². The Kier molecular flexibility index (Phi) is 59.2. The minimum absolute atomic E-state index is 0.0715. The Labute approximate surface area is 453 Å². The number of allylic oxidation sites excluding steroid dienone is 10. The SMILES string of the molecule is CC/C=C\C/C=C\C/C=C\C/C=C\CCCCCCCCCCCCCCCCC(=O)OCC(COC(=O)CCCCCCCCCCCCC)OC(=O)CCCCCCCCC/C=C\CCCCCCCC. The van der Waals surface area contributed by atoms with Crippen LogP contribution in [0.5, 0.6) is 0 Å². The normalized spacial score (nSPS) is 12.4. The van der Waals surface area contributed by atoms with Gasteiger partial charge in [-0.15, -0.1) is 0 Å². The summed E-state index contributed by atoms with van der Waals surface area (Å²) in [6.07, 6.45) is 78.0. The van der Waals surface area contributed by atoms with Crippen LogP contribution in [0, 0.1) is 0 Å². The Balaban J connectivity index is 4.21. The highest BCUT2D eigenvalue weighted by Gasteiger charge is 2.19. The molecule has 0 radical (unpaired) electrons. The molecule has 0 aliphatic carbocycles. The number of hydrogen-bond acceptors (Lipinski definition) is 6. The average Bonchev–Trinajstić information content (AvgIpc) is 3.39. The van der Waals surface area contributed by atoms with Crippen LogP contribution in [0.1, 0.15) is 329 Å². The number of hydrogen-bond donors (Lipinski definition) is 0. The van der Waals surface area contributed by atoms with Crippen molar-refractivity contribution >= 4 is 17.9 Å². The quantitative estimate of drug-likeness (QED) is 0.0261. The molecule has 0 aliphatic heterocycles. The lowest BCUT2D eigenvalue weighted by Gasteiger charge is -2.18. The highest BCUT2D eigenvalue weighted by atomic mass is 16.6. The van der Waals surface area contributed by atoms with Crippen LogP contribution in [0.3, 0.4) is 0 Å². The fourth-order valence-electron chi connectivity index (χ4n) is 9.25. The van der Waals surface area contributed by atoms with Gasteiger partial charge in [-0.2, -0.15) is 0 Å². The molecule has 0 saturated carbocycles. The van der Waals surface area contributed by atoms with Crippen molar-refractivity contribution in [2.45, 2.75) is 335 Å². The highest BCUT2D eigenvalue weighted by molar-refractivity contribution is 5.71. The van der Waals surface area contributed by atoms with Crippen molar-refractivity contribution < 1.29 is 28.6 Å². The summed E-state index contributed by atoms with van der Waals surface area (Å²) in [5, 5.41) is 0. The first kappa shape index (κ1) is 70.1. The summed E-state index contributed by atoms with van der Waals surface area (Å²) in [6, 6.07) is 0. The molecule has 0 aromatic rings. The molecule has 0 heterocycles. The maximum Gasteiger partial charge on any atom is 0.306 e. The average molecular weight is 1020 g/mol. The molecule has 0 aromatic heterocycles. The van der Waals surface area contributed by atoms with Crippen molar-refractivity contribution in [2.75, 3.05) is 13.2 Å². The zero-order valence-corrected chi connectivity index (χ0v) is 48.7. The van der Waals surface area contributed by atoms with Gasteiger partial charge in [0.25, 0.3) is 0 Å². The first-order chi connectivity index (χ1) is 36.0. The lowest BCUT2D eigenvalue weighted by atomic mass is 10.0. The molecule has 0 aromatic carbocycles. The smallest absolute Gasteiger partial charge is 0.306 e. The van der Waals surface area contributed by atoms with Gasteiger partial charge in [0.15, 0.2) is 6.10 Å². The van der Waals surface area contributed by atoms with Gasteiger partial charge in [0.05, 0.1) is 0 Å². The van der Waals surface area contributed by atoms with Gasteiger partial charge >= 0.3 is 17.9 Å². The van der Waals surface area contributed by atoms with Gasteiger partial charge < -0.3 is 14.2 Å². The number of unbranched alkanes of at least 4 members (excludes halogenated alkanes) is 37. The molecular weight excluding hydrogens is 901 g/mol. The predicted molar refractivity (Wildman–Crippen MR) is 316 cm³/mol. The van der Waals surface area contributed by atoms with Crippen LogP contribution in [0.2, 0.25) is 0 Å². The molecule has 0 bridgehead atoms. The van der Waals surface area contributed by atoms with Crippen molar-refractivity contribution in [1.29, 1.82) is 0 Å². The minimum atomic E-state index is -0.773. The van der Waals surface area contributed by atoms with E-state index in [9.17, 15) is 14.4 Å². The van der Waals surface area contributed by atoms with Crippen LogP contribution in [0.25, 0.3) is 0 Å². The molecule has 0 spiro atoms. The summed E-state index contributed by atoms with van der Waals surface area (Å²) >= 11 is 0. The molecule has 424 valence electrons. The van der Waals surface area contributed by atoms with Crippen molar-refractivity contribution in [3.8, 4) is 0 Å². The number of carbonyl (C=O) groups excluding carboxylic acids is 3. The van der Waals surface area contributed by atoms with Crippen molar-refractivity contribution in [1.82, 2.24) is 0 Å². The fourth-order valence-corrected chi connectivity index (χ4v) is 9.25. The van der Waals surface area contributed by atoms with Crippen molar-refractivity contribution in [2.24, 2.45) is 0 Å². The van der Waals surface area contributed by atoms with E-state index in [2.05, 4.69) is 81.5 Å². The van der Waals surface area contributed by atoms with Gasteiger partial charge in [0.1, 0.15) is 13.2 Å². The van der Waals surface area contributed by atoms with E-state index in [0.717, 1.165) is 83.5 Å². The van der Waals surface area contributed by atoms with E-state index < -0.39 is 6.10 Å². The Bertz CT molecular complexity index is 1310. The summed E-state index contributed by atoms with van der Waals surface area (Å²) in [7, 11) is 0. The van der Waals surface area contributed by atoms with Crippen LogP contribution in [0.4, 0.5) is 0 Å². The highest BCUT2D eigenvalue weighted by Crippen LogP contribution is 2.17. The van der Waals surface area contributed by atoms with E-state index in [0.29, 0.717) is 19.3 Å². The first-order valence-corrected chi connectivity index (χ1v) is 31.8. The van der Waals surface area contributed by atoms with Crippen molar-refractivity contribution in [3.05, 3.63) is 60.8 Å². The van der Waals surface area contributed by atoms with Crippen molar-refractivity contribution in [3.63, 3.8) is 0 Å². The van der Waals surface area contributed by atoms with Crippen LogP contribution in [0.15, 0.2) is 60.8 Å². The molecule has 0 saturated heterocycles. The van der Waals surface area contributed by atoms with Crippen LogP contribution in [-0.4, -0.2) is 37.2 Å². The monoisotopic (exact) mass is 1020 g/mol. The molecule has 0 aliphatic rings. The lowest BCUT2D eigenvalue weighted by Crippen LogP contribution is -2.30. The van der Waals surface area contributed by atoms with E-state index in [4.69, 9.17) is 14.2 Å². The molecular formula is C67H120O6. The summed E-state index contributed by atoms with van der Waals surface area (Å²) in [4.78, 5) is 38.2. The topological polar surface area (TPSA) is 78.9 Å². The van der Waals surface area contributed by atoms with Gasteiger partial charge in [-0.3, -0.25) is 14.4 Å². The molecule has 1 atom stereocenters. The molecule has 0 fully saturated rings. The van der Waals surface area contributed by atoms with Gasteiger partial charge in [-0.1, -0.05) is 287 Å². The Morgan fingerprint density at radius 1 is 0.288 bits per heavy atom. The predicted octanol–water partition coefficient (Wildman–Crippen LogP) is 21.6. The largest absolute Gasteiger partial charge is 0.462 e. The molecule has 73 heavy (non-hydrogen) atoms. The Morgan fingerprint density at radius 2 is 0.534 bits per heavy atom. The fraction of sp³-hybridized carbons (Fsp3) is 0.806. The third-order valence-corrected chi connectivity index (χ3v) is 14.0. The van der Waals surface area contributed by atoms with E-state index >= 15 is 0 Å². The molecule has 1 unspecified atom stereocenters. The zero-order valence-electron chi connectivity index (χ0n) is 48.7. The van der Waals surface area contributed by atoms with E-state index in [1.54, 1.807) is 0 Å². The van der Waals surface area contributed by atoms with Gasteiger partial charge in [-0.25, -0.2) is 0 Å². The molecule has 6 heteroatoms. The summed E-state index contributed by atoms with van der Waals surface area (Å²) in [5.74, 6) is -0.860. The number of esters is 3. The molecule has 0 rings (SSSR count). The number of carbonyl (C=O) groups is 3. The van der Waals surface area contributed by atoms with Crippen LogP contribution < -0.4 is 0 Å². The lowest BCUT2D eigenvalue weighted by molar-refractivity contribution is -0.167. The summed E-state index contributed by atoms with van der Waals surface area (Å²) in [6.45, 7) is 6.55. The summed E-state index contributed by atoms with van der Waals surface area (Å²) < 4.78 is 16.9. The Morgan fingerprint density at radius 3 is 0.849 bits per heavy atom. The van der Waals surface area contributed by atoms with E-state index in [1.807, 2.05) is 0 Å². The second-order valence-corrected chi connectivity index (χ2v) is 21.3. The molecule has 0 N–H and O–H groups in total. The zero-order chi connectivity index (χ0) is 52.9. The van der Waals surface area contributed by atoms with Crippen LogP contribution in [-0.2, 0) is 28.6 Å². The number of ether oxygens (including phenoxy) is 3. The molecule has 6 nitrogen and oxygen atoms in total. The van der Waals surface area contributed by atoms with Crippen LogP contribution >= 0.6 is 0 Å². The first-order valence-electron chi connectivity index (χ1n) is 31.8. The second-order valence-electron chi connectivity index (χ2n) is 21.3. The van der Waals surface area contributed by atoms with Gasteiger partial charge in [0, 0.05) is 19.3 Å². The minimum Gasteiger partial charge on any atom is -0.462 e. The van der Waals surface area contributed by atoms with E-state index in [1.165, 1.54) is 205 Å². The third kappa shape index (κ3) is 59.9. The molecule has 0 amide bonds. The Hall–Kier alpha value is -2.89. The van der Waals surface area contributed by atoms with Gasteiger partial charge in [0.2, 0.25) is 0 Å².